The fraction of sp³-hybridized carbons (Fsp3) is 0.543. The van der Waals surface area contributed by atoms with Gasteiger partial charge < -0.3 is 38.9 Å². The number of nitrogens with zero attached hydrogens (tertiary/aromatic N) is 9. The third-order valence-corrected chi connectivity index (χ3v) is 17.7. The van der Waals surface area contributed by atoms with Crippen molar-refractivity contribution in [1.82, 2.24) is 39.9 Å². The number of unbranched alkanes of at least 4 members (excludes halogenated alkanes) is 30. The van der Waals surface area contributed by atoms with Gasteiger partial charge in [-0.2, -0.15) is 0 Å². The van der Waals surface area contributed by atoms with Gasteiger partial charge in [-0.15, -0.1) is 0 Å². The van der Waals surface area contributed by atoms with Gasteiger partial charge in [-0.25, -0.2) is 18.4 Å². The van der Waals surface area contributed by atoms with Crippen LogP contribution in [0.2, 0.25) is 0 Å². The second-order valence-corrected chi connectivity index (χ2v) is 25.7. The van der Waals surface area contributed by atoms with E-state index in [4.69, 9.17) is 39.9 Å². The van der Waals surface area contributed by atoms with E-state index in [-0.39, 0.29) is 28.4 Å². The van der Waals surface area contributed by atoms with E-state index in [0.717, 1.165) is 27.5 Å². The summed E-state index contributed by atoms with van der Waals surface area (Å²) in [5.41, 5.74) is 4.32. The van der Waals surface area contributed by atoms with Crippen molar-refractivity contribution in [3.63, 3.8) is 0 Å². The summed E-state index contributed by atoms with van der Waals surface area (Å²) in [6.45, 7) is 7.39. The van der Waals surface area contributed by atoms with Gasteiger partial charge in [0.1, 0.15) is 10.1 Å². The molecule has 14 heteroatoms. The topological polar surface area (TPSA) is 163 Å². The van der Waals surface area contributed by atoms with Crippen LogP contribution in [0.3, 0.4) is 0 Å². The van der Waals surface area contributed by atoms with Crippen molar-refractivity contribution in [2.45, 2.75) is 224 Å². The van der Waals surface area contributed by atoms with Gasteiger partial charge in [0.2, 0.25) is 0 Å². The first-order chi connectivity index (χ1) is 40.5. The molecule has 0 amide bonds. The van der Waals surface area contributed by atoms with Crippen LogP contribution in [0.4, 0.5) is 0 Å². The van der Waals surface area contributed by atoms with Crippen molar-refractivity contribution in [3.05, 3.63) is 91.0 Å². The van der Waals surface area contributed by atoms with Crippen molar-refractivity contribution < 1.29 is 34.5 Å². The van der Waals surface area contributed by atoms with Crippen LogP contribution in [0.5, 0.6) is 0 Å². The number of hydrogen-bond acceptors (Lipinski definition) is 9. The van der Waals surface area contributed by atoms with Gasteiger partial charge in [0.05, 0.1) is 55.4 Å². The molecule has 1 radical (unpaired) electrons. The number of aromatic nitrogens is 8. The van der Waals surface area contributed by atoms with Gasteiger partial charge >= 0.3 is 17.1 Å². The van der Waals surface area contributed by atoms with E-state index in [1.807, 2.05) is 72.8 Å². The average Bonchev–Trinajstić information content (AvgIpc) is 2.92. The summed E-state index contributed by atoms with van der Waals surface area (Å²) in [5.74, 6) is 1.54. The molecule has 0 spiro atoms. The van der Waals surface area contributed by atoms with Crippen LogP contribution in [0.15, 0.2) is 95.9 Å². The number of benzene rings is 4. The number of hydrogen-bond donors (Lipinski definition) is 0. The molecule has 0 aliphatic carbocycles. The van der Waals surface area contributed by atoms with Gasteiger partial charge in [0.15, 0.2) is 0 Å². The van der Waals surface area contributed by atoms with Crippen molar-refractivity contribution in [2.24, 2.45) is 0 Å². The molecular formula is C70H95CuN9O3S. The van der Waals surface area contributed by atoms with E-state index in [1.165, 1.54) is 241 Å². The predicted octanol–water partition coefficient (Wildman–Crippen LogP) is 18.6. The SMILES string of the molecule is CCCCCCCCCCCCCCCCCC[N+](C)(C)CCCCCCCCCCCCCCCCCC.O=S(=O)([O-])c1ccc2c3nc4nc(nc5[n-]c(nc6nc(nc([n-]3)c2c1)-c1ccccc1-6)c1ccccc51)-c1ccccc1-4.[Cu+2]. The van der Waals surface area contributed by atoms with E-state index in [2.05, 4.69) is 27.9 Å². The predicted molar refractivity (Wildman–Crippen MR) is 343 cm³/mol. The molecule has 0 unspecified atom stereocenters. The zero-order chi connectivity index (χ0) is 58.1. The van der Waals surface area contributed by atoms with Crippen molar-refractivity contribution in [3.8, 4) is 45.6 Å². The third kappa shape index (κ3) is 19.8. The Morgan fingerprint density at radius 1 is 0.357 bits per heavy atom. The molecule has 8 bridgehead atoms. The van der Waals surface area contributed by atoms with Crippen LogP contribution in [0.1, 0.15) is 219 Å². The van der Waals surface area contributed by atoms with Crippen molar-refractivity contribution in [2.75, 3.05) is 27.2 Å². The number of fused-ring (bicyclic) bond motifs is 20. The quantitative estimate of drug-likeness (QED) is 0.0161. The summed E-state index contributed by atoms with van der Waals surface area (Å²) in [7, 11) is 0.194. The van der Waals surface area contributed by atoms with E-state index >= 15 is 0 Å². The molecule has 84 heavy (non-hydrogen) atoms. The summed E-state index contributed by atoms with van der Waals surface area (Å²) in [6, 6.07) is 26.8. The second kappa shape index (κ2) is 34.7. The Morgan fingerprint density at radius 2 is 0.619 bits per heavy atom. The smallest absolute Gasteiger partial charge is 0.744 e. The van der Waals surface area contributed by atoms with Crippen LogP contribution < -0.4 is 9.97 Å². The van der Waals surface area contributed by atoms with E-state index in [0.29, 0.717) is 50.9 Å². The van der Waals surface area contributed by atoms with Gasteiger partial charge in [0, 0.05) is 44.8 Å². The van der Waals surface area contributed by atoms with E-state index in [1.54, 1.807) is 0 Å². The summed E-state index contributed by atoms with van der Waals surface area (Å²) in [5, 5.41) is 2.46. The molecule has 4 aromatic carbocycles. The number of quaternary nitrogens is 1. The molecule has 9 rings (SSSR count). The van der Waals surface area contributed by atoms with Gasteiger partial charge in [-0.3, -0.25) is 0 Å². The molecule has 455 valence electrons. The van der Waals surface area contributed by atoms with Crippen LogP contribution in [0, 0.1) is 0 Å². The summed E-state index contributed by atoms with van der Waals surface area (Å²) in [4.78, 5) is 38.0. The zero-order valence-corrected chi connectivity index (χ0v) is 52.9. The summed E-state index contributed by atoms with van der Waals surface area (Å²) >= 11 is 0. The summed E-state index contributed by atoms with van der Waals surface area (Å²) < 4.78 is 37.1. The molecule has 12 nitrogen and oxygen atoms in total. The Balaban J connectivity index is 0.000000241. The maximum atomic E-state index is 11.9. The Bertz CT molecular complexity index is 3370. The first-order valence-corrected chi connectivity index (χ1v) is 33.9. The maximum Gasteiger partial charge on any atom is 2.00 e. The van der Waals surface area contributed by atoms with E-state index < -0.39 is 15.0 Å². The maximum absolute atomic E-state index is 11.9. The molecule has 2 aliphatic rings. The molecule has 0 atom stereocenters. The summed E-state index contributed by atoms with van der Waals surface area (Å²) in [6.07, 6.45) is 46.9. The molecule has 0 N–H and O–H groups in total. The van der Waals surface area contributed by atoms with E-state index in [9.17, 15) is 13.0 Å². The van der Waals surface area contributed by atoms with Crippen molar-refractivity contribution in [1.29, 1.82) is 0 Å². The monoisotopic (exact) mass is 1200 g/mol. The second-order valence-electron chi connectivity index (χ2n) is 24.3. The molecular weight excluding hydrogens is 1110 g/mol. The molecule has 0 saturated carbocycles. The minimum atomic E-state index is -4.74. The van der Waals surface area contributed by atoms with Crippen LogP contribution in [-0.4, -0.2) is 74.5 Å². The van der Waals surface area contributed by atoms with Gasteiger partial charge in [-0.05, 0) is 59.4 Å². The van der Waals surface area contributed by atoms with Gasteiger partial charge in [-0.1, -0.05) is 272 Å². The molecule has 5 heterocycles. The third-order valence-electron chi connectivity index (χ3n) is 16.9. The standard InChI is InChI=1S/C38H80N.C32H16N8O3S.Cu/c1-5-7-9-11-13-15-17-19-21-23-25-27-29-31-33-35-37-39(3,4)38-36-34-32-30-28-26-24-22-20-18-16-14-12-10-8-6-2;41-44(42,43)16-13-14-23-24(15-16)32-39-30-22-12-6-5-11-21(22)28(37-30)35-26-18-8-2-1-7-17(18)25(33-26)34-27-19-9-3-4-10-20(19)29(36-27)38-31(23)40-32;/h5-38H2,1-4H3;1-15H,(H-2,33,34,35,36,37,38,39,40,41,42,43);/q+1;-2;+2/p-1. The average molecular weight is 1210 g/mol. The fourth-order valence-corrected chi connectivity index (χ4v) is 12.4. The van der Waals surface area contributed by atoms with Crippen molar-refractivity contribution >= 4 is 54.3 Å². The Hall–Kier alpha value is -5.37. The Kier molecular flexibility index (Phi) is 27.3. The fourth-order valence-electron chi connectivity index (χ4n) is 11.9. The molecule has 3 aromatic heterocycles. The normalized spacial score (nSPS) is 12.1. The molecule has 2 aliphatic heterocycles. The number of rotatable bonds is 35. The minimum Gasteiger partial charge on any atom is -0.744 e. The molecule has 7 aromatic rings. The minimum absolute atomic E-state index is 0. The largest absolute Gasteiger partial charge is 2.00 e. The molecule has 0 saturated heterocycles. The zero-order valence-electron chi connectivity index (χ0n) is 51.2. The van der Waals surface area contributed by atoms with Crippen LogP contribution in [0.25, 0.3) is 89.7 Å². The Labute approximate surface area is 513 Å². The first-order valence-electron chi connectivity index (χ1n) is 32.4. The van der Waals surface area contributed by atoms with Gasteiger partial charge in [0.25, 0.3) is 0 Å². The van der Waals surface area contributed by atoms with Crippen LogP contribution in [-0.2, 0) is 27.2 Å². The Morgan fingerprint density at radius 3 is 0.917 bits per heavy atom. The molecule has 0 fully saturated rings. The van der Waals surface area contributed by atoms with Crippen LogP contribution >= 0.6 is 0 Å². The first kappa shape index (κ1) is 66.2.